The topological polar surface area (TPSA) is 79.0 Å². The summed E-state index contributed by atoms with van der Waals surface area (Å²) in [6, 6.07) is 6.01. The molecule has 9 atom stereocenters. The van der Waals surface area contributed by atoms with E-state index in [1.807, 2.05) is 32.0 Å². The molecule has 7 rings (SSSR count). The highest BCUT2D eigenvalue weighted by Crippen LogP contribution is 2.72. The molecule has 2 aliphatic heterocycles. The van der Waals surface area contributed by atoms with Crippen molar-refractivity contribution >= 4 is 16.7 Å². The number of allylic oxidation sites excluding steroid dienone is 2. The van der Waals surface area contributed by atoms with E-state index in [1.54, 1.807) is 0 Å². The largest absolute Gasteiger partial charge is 0.441 e. The van der Waals surface area contributed by atoms with E-state index in [-0.39, 0.29) is 29.7 Å². The molecule has 1 aromatic carbocycles. The third-order valence-electron chi connectivity index (χ3n) is 11.0. The highest BCUT2D eigenvalue weighted by Gasteiger charge is 2.77. The van der Waals surface area contributed by atoms with Crippen LogP contribution >= 0.6 is 0 Å². The maximum absolute atomic E-state index is 17.2. The number of aliphatic hydroxyl groups is 2. The number of hydrogen-bond acceptors (Lipinski definition) is 6. The van der Waals surface area contributed by atoms with Crippen molar-refractivity contribution < 1.29 is 23.8 Å². The number of nitrogens with zero attached hydrogens (tertiary/aromatic N) is 2. The number of likely N-dealkylation sites (N-methyl/N-ethyl adjacent to an activating group) is 1. The van der Waals surface area contributed by atoms with E-state index in [0.29, 0.717) is 25.2 Å². The molecule has 2 spiro atoms. The van der Waals surface area contributed by atoms with Gasteiger partial charge in [-0.2, -0.15) is 0 Å². The zero-order valence-electron chi connectivity index (χ0n) is 21.6. The van der Waals surface area contributed by atoms with Crippen LogP contribution in [0.2, 0.25) is 0 Å². The molecule has 3 heterocycles. The Morgan fingerprint density at radius 2 is 1.89 bits per heavy atom. The van der Waals surface area contributed by atoms with E-state index in [1.165, 1.54) is 5.57 Å². The van der Waals surface area contributed by atoms with Crippen molar-refractivity contribution in [2.75, 3.05) is 14.1 Å². The first-order chi connectivity index (χ1) is 17.0. The average molecular weight is 497 g/mol. The molecule has 0 amide bonds. The van der Waals surface area contributed by atoms with Crippen LogP contribution in [0.3, 0.4) is 0 Å². The molecule has 4 fully saturated rings. The van der Waals surface area contributed by atoms with E-state index in [2.05, 4.69) is 30.1 Å². The van der Waals surface area contributed by atoms with Gasteiger partial charge in [-0.3, -0.25) is 0 Å². The summed E-state index contributed by atoms with van der Waals surface area (Å²) < 4.78 is 30.1. The predicted molar refractivity (Wildman–Crippen MR) is 134 cm³/mol. The van der Waals surface area contributed by atoms with Gasteiger partial charge in [-0.1, -0.05) is 19.1 Å². The van der Waals surface area contributed by atoms with Gasteiger partial charge in [0.15, 0.2) is 11.5 Å². The lowest BCUT2D eigenvalue weighted by molar-refractivity contribution is -0.314. The second-order valence-electron chi connectivity index (χ2n) is 12.8. The first-order valence-electron chi connectivity index (χ1n) is 13.5. The minimum absolute atomic E-state index is 0.0352. The highest BCUT2D eigenvalue weighted by atomic mass is 19.1. The summed E-state index contributed by atoms with van der Waals surface area (Å²) in [7, 11) is 3.87. The summed E-state index contributed by atoms with van der Waals surface area (Å²) in [6.07, 6.45) is 4.68. The van der Waals surface area contributed by atoms with Crippen molar-refractivity contribution in [1.29, 1.82) is 0 Å². The van der Waals surface area contributed by atoms with Crippen molar-refractivity contribution in [2.24, 2.45) is 17.3 Å². The summed E-state index contributed by atoms with van der Waals surface area (Å²) in [5, 5.41) is 22.1. The van der Waals surface area contributed by atoms with E-state index in [0.717, 1.165) is 35.9 Å². The summed E-state index contributed by atoms with van der Waals surface area (Å²) in [5.74, 6) is 0.315. The third-order valence-corrected chi connectivity index (χ3v) is 11.0. The number of fused-ring (bicyclic) bond motifs is 2. The van der Waals surface area contributed by atoms with Gasteiger partial charge >= 0.3 is 0 Å². The average Bonchev–Trinajstić information content (AvgIpc) is 3.49. The molecule has 2 N–H and O–H groups in total. The molecule has 0 radical (unpaired) electrons. The van der Waals surface area contributed by atoms with Gasteiger partial charge in [0.1, 0.15) is 16.8 Å². The van der Waals surface area contributed by atoms with Crippen LogP contribution in [0.5, 0.6) is 0 Å². The molecule has 6 nitrogen and oxygen atoms in total. The molecular weight excluding hydrogens is 459 g/mol. The second-order valence-corrected chi connectivity index (χ2v) is 12.8. The van der Waals surface area contributed by atoms with E-state index >= 15 is 4.39 Å². The van der Waals surface area contributed by atoms with Crippen LogP contribution in [0.15, 0.2) is 28.7 Å². The maximum Gasteiger partial charge on any atom is 0.192 e. The molecule has 7 heteroatoms. The number of benzene rings is 1. The summed E-state index contributed by atoms with van der Waals surface area (Å²) >= 11 is 0. The molecule has 36 heavy (non-hydrogen) atoms. The first kappa shape index (κ1) is 23.3. The van der Waals surface area contributed by atoms with Gasteiger partial charge in [0.25, 0.3) is 0 Å². The fraction of sp³-hybridized carbons (Fsp3) is 0.690. The van der Waals surface area contributed by atoms with Crippen LogP contribution in [-0.2, 0) is 4.74 Å². The van der Waals surface area contributed by atoms with Crippen LogP contribution in [0, 0.1) is 24.2 Å². The number of ether oxygens (including phenoxy) is 1. The molecule has 2 aromatic rings. The van der Waals surface area contributed by atoms with Crippen molar-refractivity contribution in [3.63, 3.8) is 0 Å². The van der Waals surface area contributed by atoms with Crippen LogP contribution in [0.25, 0.3) is 16.7 Å². The Bertz CT molecular complexity index is 1280. The molecule has 194 valence electrons. The molecule has 2 bridgehead atoms. The van der Waals surface area contributed by atoms with Gasteiger partial charge in [-0.15, -0.1) is 0 Å². The van der Waals surface area contributed by atoms with Crippen molar-refractivity contribution in [2.45, 2.75) is 93.9 Å². The van der Waals surface area contributed by atoms with Crippen LogP contribution in [0.1, 0.15) is 63.3 Å². The molecule has 5 aliphatic rings. The summed E-state index contributed by atoms with van der Waals surface area (Å²) in [4.78, 5) is 6.42. The first-order valence-corrected chi connectivity index (χ1v) is 13.5. The number of halogens is 1. The Morgan fingerprint density at radius 1 is 1.08 bits per heavy atom. The van der Waals surface area contributed by atoms with Crippen molar-refractivity contribution in [3.8, 4) is 0 Å². The van der Waals surface area contributed by atoms with Gasteiger partial charge in [0, 0.05) is 24.8 Å². The van der Waals surface area contributed by atoms with Gasteiger partial charge in [0.05, 0.1) is 17.8 Å². The lowest BCUT2D eigenvalue weighted by Crippen LogP contribution is -2.72. The van der Waals surface area contributed by atoms with Crippen LogP contribution < -0.4 is 0 Å². The Morgan fingerprint density at radius 3 is 2.67 bits per heavy atom. The van der Waals surface area contributed by atoms with Gasteiger partial charge in [-0.25, -0.2) is 9.37 Å². The number of alkyl halides is 1. The van der Waals surface area contributed by atoms with Crippen molar-refractivity contribution in [3.05, 3.63) is 35.7 Å². The van der Waals surface area contributed by atoms with Gasteiger partial charge in [-0.05, 0) is 87.7 Å². The standard InChI is InChI=1S/C29H37FN2O4/c1-16-31-20-7-5-17(13-22(20)35-16)18-6-8-23-26(18,2)9-11-28(30)14-19-24(33)25(34)21(32(3)4)15-27(19)10-12-29(23,28)36-27/h5-7,13,19,21,23-25,33-34H,8-12,14-15H2,1-4H3. The Hall–Kier alpha value is -1.80. The minimum atomic E-state index is -1.50. The molecule has 2 saturated carbocycles. The summed E-state index contributed by atoms with van der Waals surface area (Å²) in [5.41, 5.74) is 0.879. The zero-order chi connectivity index (χ0) is 25.3. The van der Waals surface area contributed by atoms with Crippen LogP contribution in [-0.4, -0.2) is 69.3 Å². The lowest BCUT2D eigenvalue weighted by Gasteiger charge is -2.64. The number of aryl methyl sites for hydroxylation is 1. The third kappa shape index (κ3) is 2.73. The monoisotopic (exact) mass is 496 g/mol. The maximum atomic E-state index is 17.2. The number of oxazole rings is 1. The number of rotatable bonds is 2. The Kier molecular flexibility index (Phi) is 4.66. The van der Waals surface area contributed by atoms with E-state index < -0.39 is 29.1 Å². The van der Waals surface area contributed by atoms with E-state index in [9.17, 15) is 10.2 Å². The Labute approximate surface area is 211 Å². The van der Waals surface area contributed by atoms with Gasteiger partial charge < -0.3 is 24.3 Å². The Balaban J connectivity index is 1.27. The molecular formula is C29H37FN2O4. The second kappa shape index (κ2) is 7.19. The highest BCUT2D eigenvalue weighted by molar-refractivity contribution is 5.82. The quantitative estimate of drug-likeness (QED) is 0.641. The van der Waals surface area contributed by atoms with Crippen LogP contribution in [0.4, 0.5) is 4.39 Å². The number of hydrogen-bond donors (Lipinski definition) is 2. The zero-order valence-corrected chi connectivity index (χ0v) is 21.6. The van der Waals surface area contributed by atoms with E-state index in [4.69, 9.17) is 9.15 Å². The molecule has 3 aliphatic carbocycles. The predicted octanol–water partition coefficient (Wildman–Crippen LogP) is 4.41. The van der Waals surface area contributed by atoms with Gasteiger partial charge in [0.2, 0.25) is 0 Å². The lowest BCUT2D eigenvalue weighted by atomic mass is 9.51. The number of aliphatic hydroxyl groups excluding tert-OH is 2. The molecule has 9 unspecified atom stereocenters. The minimum Gasteiger partial charge on any atom is -0.441 e. The fourth-order valence-electron chi connectivity index (χ4n) is 9.22. The molecule has 1 aromatic heterocycles. The fourth-order valence-corrected chi connectivity index (χ4v) is 9.22. The van der Waals surface area contributed by atoms with Crippen molar-refractivity contribution in [1.82, 2.24) is 9.88 Å². The SMILES string of the molecule is Cc1nc2ccc(C3=CCC4C3(C)CCC3(F)CC5C(O)C(O)C(N(C)C)CC56CCC43O6)cc2o1. The number of aromatic nitrogens is 1. The summed E-state index contributed by atoms with van der Waals surface area (Å²) in [6.45, 7) is 4.15. The smallest absolute Gasteiger partial charge is 0.192 e. The normalized spacial score (nSPS) is 47.6. The molecule has 2 saturated heterocycles.